The molecule has 1 fully saturated rings. The van der Waals surface area contributed by atoms with Gasteiger partial charge < -0.3 is 9.84 Å². The van der Waals surface area contributed by atoms with Crippen LogP contribution in [0, 0.1) is 0 Å². The first-order chi connectivity index (χ1) is 8.29. The molecule has 1 aromatic rings. The summed E-state index contributed by atoms with van der Waals surface area (Å²) in [5.41, 5.74) is 0. The minimum atomic E-state index is 0.262. The first-order valence-electron chi connectivity index (χ1n) is 6.03. The van der Waals surface area contributed by atoms with Gasteiger partial charge in [0.15, 0.2) is 0 Å². The minimum Gasteiger partial charge on any atom is -0.492 e. The van der Waals surface area contributed by atoms with E-state index in [1.807, 2.05) is 24.3 Å². The van der Waals surface area contributed by atoms with Gasteiger partial charge in [0, 0.05) is 17.1 Å². The van der Waals surface area contributed by atoms with Gasteiger partial charge >= 0.3 is 0 Å². The molecule has 0 amide bonds. The number of nitrogens with zero attached hydrogens (tertiary/aromatic N) is 1. The second kappa shape index (κ2) is 6.38. The van der Waals surface area contributed by atoms with Crippen LogP contribution in [0.3, 0.4) is 0 Å². The van der Waals surface area contributed by atoms with E-state index in [2.05, 4.69) is 20.8 Å². The van der Waals surface area contributed by atoms with Gasteiger partial charge in [-0.1, -0.05) is 15.9 Å². The van der Waals surface area contributed by atoms with Gasteiger partial charge in [-0.15, -0.1) is 0 Å². The lowest BCUT2D eigenvalue weighted by Gasteiger charge is -2.22. The van der Waals surface area contributed by atoms with Gasteiger partial charge in [0.2, 0.25) is 0 Å². The molecule has 1 aromatic carbocycles. The predicted molar refractivity (Wildman–Crippen MR) is 71.3 cm³/mol. The second-order valence-electron chi connectivity index (χ2n) is 4.32. The number of hydrogen-bond acceptors (Lipinski definition) is 3. The topological polar surface area (TPSA) is 32.7 Å². The third kappa shape index (κ3) is 3.69. The zero-order valence-corrected chi connectivity index (χ0v) is 11.4. The highest BCUT2D eigenvalue weighted by Gasteiger charge is 2.22. The summed E-state index contributed by atoms with van der Waals surface area (Å²) in [6.07, 6.45) is 2.29. The second-order valence-corrected chi connectivity index (χ2v) is 5.23. The highest BCUT2D eigenvalue weighted by Crippen LogP contribution is 2.18. The standard InChI is InChI=1S/C13H18BrNO2/c14-11-3-5-13(6-4-11)17-9-8-15-7-1-2-12(15)10-16/h3-6,12,16H,1-2,7-10H2. The lowest BCUT2D eigenvalue weighted by atomic mass is 10.2. The van der Waals surface area contributed by atoms with E-state index >= 15 is 0 Å². The maximum absolute atomic E-state index is 9.20. The zero-order chi connectivity index (χ0) is 12.1. The van der Waals surface area contributed by atoms with Crippen LogP contribution in [0.25, 0.3) is 0 Å². The molecule has 1 saturated heterocycles. The number of benzene rings is 1. The van der Waals surface area contributed by atoms with Crippen molar-refractivity contribution in [2.75, 3.05) is 26.3 Å². The molecule has 0 saturated carbocycles. The van der Waals surface area contributed by atoms with Crippen LogP contribution in [0.5, 0.6) is 5.75 Å². The van der Waals surface area contributed by atoms with Crippen LogP contribution in [0.2, 0.25) is 0 Å². The summed E-state index contributed by atoms with van der Waals surface area (Å²) in [6, 6.07) is 8.20. The molecule has 0 aliphatic carbocycles. The summed E-state index contributed by atoms with van der Waals surface area (Å²) in [4.78, 5) is 2.30. The maximum Gasteiger partial charge on any atom is 0.119 e. The fraction of sp³-hybridized carbons (Fsp3) is 0.538. The van der Waals surface area contributed by atoms with Crippen LogP contribution in [0.1, 0.15) is 12.8 Å². The molecule has 1 aliphatic rings. The van der Waals surface area contributed by atoms with E-state index < -0.39 is 0 Å². The van der Waals surface area contributed by atoms with Crippen LogP contribution in [-0.2, 0) is 0 Å². The smallest absolute Gasteiger partial charge is 0.119 e. The highest BCUT2D eigenvalue weighted by atomic mass is 79.9. The van der Waals surface area contributed by atoms with Gasteiger partial charge in [0.25, 0.3) is 0 Å². The van der Waals surface area contributed by atoms with Gasteiger partial charge in [-0.05, 0) is 43.7 Å². The van der Waals surface area contributed by atoms with E-state index in [1.165, 1.54) is 6.42 Å². The highest BCUT2D eigenvalue weighted by molar-refractivity contribution is 9.10. The average Bonchev–Trinajstić information content (AvgIpc) is 2.79. The number of ether oxygens (including phenoxy) is 1. The van der Waals surface area contributed by atoms with Crippen molar-refractivity contribution in [3.63, 3.8) is 0 Å². The molecule has 0 spiro atoms. The molecule has 1 N–H and O–H groups in total. The fourth-order valence-electron chi connectivity index (χ4n) is 2.21. The van der Waals surface area contributed by atoms with Crippen molar-refractivity contribution < 1.29 is 9.84 Å². The third-order valence-electron chi connectivity index (χ3n) is 3.17. The number of aliphatic hydroxyl groups is 1. The lowest BCUT2D eigenvalue weighted by Crippen LogP contribution is -2.35. The Bertz CT molecular complexity index is 342. The minimum absolute atomic E-state index is 0.262. The van der Waals surface area contributed by atoms with Crippen molar-refractivity contribution in [2.45, 2.75) is 18.9 Å². The first-order valence-corrected chi connectivity index (χ1v) is 6.82. The molecule has 2 rings (SSSR count). The van der Waals surface area contributed by atoms with E-state index in [4.69, 9.17) is 4.74 Å². The molecular formula is C13H18BrNO2. The number of likely N-dealkylation sites (tertiary alicyclic amines) is 1. The van der Waals surface area contributed by atoms with Gasteiger partial charge in [0.05, 0.1) is 6.61 Å². The van der Waals surface area contributed by atoms with Crippen molar-refractivity contribution in [1.29, 1.82) is 0 Å². The molecule has 3 nitrogen and oxygen atoms in total. The Labute approximate surface area is 111 Å². The predicted octanol–water partition coefficient (Wildman–Crippen LogP) is 2.28. The molecule has 1 atom stereocenters. The van der Waals surface area contributed by atoms with E-state index in [9.17, 15) is 5.11 Å². The van der Waals surface area contributed by atoms with Crippen LogP contribution in [-0.4, -0.2) is 42.4 Å². The van der Waals surface area contributed by atoms with Crippen LogP contribution in [0.4, 0.5) is 0 Å². The van der Waals surface area contributed by atoms with Crippen molar-refractivity contribution in [1.82, 2.24) is 4.90 Å². The Balaban J connectivity index is 1.74. The molecule has 1 aliphatic heterocycles. The van der Waals surface area contributed by atoms with Crippen LogP contribution >= 0.6 is 15.9 Å². The molecular weight excluding hydrogens is 282 g/mol. The number of aliphatic hydroxyl groups excluding tert-OH is 1. The normalized spacial score (nSPS) is 20.7. The van der Waals surface area contributed by atoms with Crippen molar-refractivity contribution in [3.8, 4) is 5.75 Å². The molecule has 0 bridgehead atoms. The van der Waals surface area contributed by atoms with Gasteiger partial charge in [-0.3, -0.25) is 4.90 Å². The Morgan fingerprint density at radius 1 is 1.35 bits per heavy atom. The zero-order valence-electron chi connectivity index (χ0n) is 9.81. The lowest BCUT2D eigenvalue weighted by molar-refractivity contribution is 0.139. The van der Waals surface area contributed by atoms with Crippen LogP contribution in [0.15, 0.2) is 28.7 Å². The summed E-state index contributed by atoms with van der Waals surface area (Å²) in [5.74, 6) is 0.896. The van der Waals surface area contributed by atoms with E-state index in [0.717, 1.165) is 29.7 Å². The molecule has 0 radical (unpaired) electrons. The van der Waals surface area contributed by atoms with Crippen molar-refractivity contribution in [2.24, 2.45) is 0 Å². The molecule has 17 heavy (non-hydrogen) atoms. The molecule has 1 heterocycles. The molecule has 1 unspecified atom stereocenters. The summed E-state index contributed by atoms with van der Waals surface area (Å²) < 4.78 is 6.73. The Hall–Kier alpha value is -0.580. The van der Waals surface area contributed by atoms with E-state index in [-0.39, 0.29) is 6.61 Å². The van der Waals surface area contributed by atoms with Crippen LogP contribution < -0.4 is 4.74 Å². The number of rotatable bonds is 5. The summed E-state index contributed by atoms with van der Waals surface area (Å²) in [5, 5.41) is 9.20. The number of halogens is 1. The molecule has 94 valence electrons. The van der Waals surface area contributed by atoms with Crippen molar-refractivity contribution in [3.05, 3.63) is 28.7 Å². The SMILES string of the molecule is OCC1CCCN1CCOc1ccc(Br)cc1. The van der Waals surface area contributed by atoms with Gasteiger partial charge in [-0.2, -0.15) is 0 Å². The molecule has 0 aromatic heterocycles. The Kier molecular flexibility index (Phi) is 4.83. The fourth-order valence-corrected chi connectivity index (χ4v) is 2.47. The van der Waals surface area contributed by atoms with Gasteiger partial charge in [-0.25, -0.2) is 0 Å². The monoisotopic (exact) mass is 299 g/mol. The Morgan fingerprint density at radius 2 is 2.12 bits per heavy atom. The number of hydrogen-bond donors (Lipinski definition) is 1. The summed E-state index contributed by atoms with van der Waals surface area (Å²) >= 11 is 3.39. The van der Waals surface area contributed by atoms with Crippen molar-refractivity contribution >= 4 is 15.9 Å². The van der Waals surface area contributed by atoms with E-state index in [0.29, 0.717) is 12.6 Å². The molecule has 4 heteroatoms. The first kappa shape index (κ1) is 12.9. The largest absolute Gasteiger partial charge is 0.492 e. The maximum atomic E-state index is 9.20. The Morgan fingerprint density at radius 3 is 2.82 bits per heavy atom. The van der Waals surface area contributed by atoms with Gasteiger partial charge in [0.1, 0.15) is 12.4 Å². The quantitative estimate of drug-likeness (QED) is 0.905. The summed E-state index contributed by atoms with van der Waals surface area (Å²) in [7, 11) is 0. The third-order valence-corrected chi connectivity index (χ3v) is 3.70. The van der Waals surface area contributed by atoms with E-state index in [1.54, 1.807) is 0 Å². The average molecular weight is 300 g/mol. The summed E-state index contributed by atoms with van der Waals surface area (Å²) in [6.45, 7) is 2.91.